The van der Waals surface area contributed by atoms with Crippen LogP contribution < -0.4 is 9.47 Å². The van der Waals surface area contributed by atoms with Crippen molar-refractivity contribution in [1.82, 2.24) is 4.90 Å². The van der Waals surface area contributed by atoms with Crippen LogP contribution in [0.3, 0.4) is 0 Å². The maximum absolute atomic E-state index is 12.8. The zero-order chi connectivity index (χ0) is 29.1. The molecule has 3 aromatic rings. The van der Waals surface area contributed by atoms with E-state index in [4.69, 9.17) is 9.84 Å². The van der Waals surface area contributed by atoms with Crippen LogP contribution >= 0.6 is 0 Å². The van der Waals surface area contributed by atoms with E-state index in [2.05, 4.69) is 40.0 Å². The number of alkyl halides is 3. The Balaban J connectivity index is 1.49. The van der Waals surface area contributed by atoms with E-state index in [0.29, 0.717) is 49.5 Å². The summed E-state index contributed by atoms with van der Waals surface area (Å²) in [4.78, 5) is 13.3. The van der Waals surface area contributed by atoms with E-state index >= 15 is 0 Å². The Labute approximate surface area is 238 Å². The van der Waals surface area contributed by atoms with Crippen LogP contribution in [0.5, 0.6) is 11.5 Å². The average molecular weight is 566 g/mol. The summed E-state index contributed by atoms with van der Waals surface area (Å²) in [5, 5.41) is 9.06. The van der Waals surface area contributed by atoms with Crippen molar-refractivity contribution in [2.45, 2.75) is 44.5 Å². The van der Waals surface area contributed by atoms with E-state index in [1.54, 1.807) is 36.4 Å². The normalized spacial score (nSPS) is 14.0. The number of halogens is 3. The lowest BCUT2D eigenvalue weighted by Crippen LogP contribution is -2.31. The molecule has 8 heteroatoms. The fraction of sp³-hybridized carbons (Fsp3) is 0.303. The number of hydrogen-bond donors (Lipinski definition) is 1. The monoisotopic (exact) mass is 565 g/mol. The predicted molar refractivity (Wildman–Crippen MR) is 152 cm³/mol. The molecule has 41 heavy (non-hydrogen) atoms. The van der Waals surface area contributed by atoms with Crippen molar-refractivity contribution in [3.8, 4) is 11.5 Å². The third kappa shape index (κ3) is 10.1. The van der Waals surface area contributed by atoms with Gasteiger partial charge in [0.1, 0.15) is 11.5 Å². The molecule has 0 bridgehead atoms. The number of benzene rings is 3. The lowest BCUT2D eigenvalue weighted by Gasteiger charge is -2.30. The van der Waals surface area contributed by atoms with Gasteiger partial charge in [-0.1, -0.05) is 72.8 Å². The van der Waals surface area contributed by atoms with Gasteiger partial charge >= 0.3 is 12.3 Å². The number of rotatable bonds is 14. The van der Waals surface area contributed by atoms with Crippen molar-refractivity contribution in [3.05, 3.63) is 119 Å². The van der Waals surface area contributed by atoms with E-state index in [1.807, 2.05) is 18.2 Å². The second kappa shape index (κ2) is 14.6. The molecule has 1 atom stereocenters. The molecule has 1 aliphatic carbocycles. The van der Waals surface area contributed by atoms with Crippen LogP contribution in [-0.4, -0.2) is 42.0 Å². The first-order valence-electron chi connectivity index (χ1n) is 13.7. The number of allylic oxidation sites excluding steroid dienone is 3. The topological polar surface area (TPSA) is 59.0 Å². The Hall–Kier alpha value is -4.04. The summed E-state index contributed by atoms with van der Waals surface area (Å²) in [5.74, 6) is -0.446. The van der Waals surface area contributed by atoms with Gasteiger partial charge in [-0.15, -0.1) is 13.2 Å². The Kier molecular flexibility index (Phi) is 10.6. The molecule has 0 spiro atoms. The fourth-order valence-corrected chi connectivity index (χ4v) is 4.97. The lowest BCUT2D eigenvalue weighted by atomic mass is 9.87. The van der Waals surface area contributed by atoms with Crippen molar-refractivity contribution >= 4 is 5.97 Å². The molecule has 0 fully saturated rings. The maximum Gasteiger partial charge on any atom is 0.573 e. The number of aliphatic carboxylic acids is 1. The maximum atomic E-state index is 12.8. The van der Waals surface area contributed by atoms with E-state index in [9.17, 15) is 18.0 Å². The molecular formula is C33H34F3NO4. The minimum atomic E-state index is -4.75. The summed E-state index contributed by atoms with van der Waals surface area (Å²) < 4.78 is 48.6. The molecule has 0 amide bonds. The number of carboxylic acids is 1. The summed E-state index contributed by atoms with van der Waals surface area (Å²) in [7, 11) is 0. The van der Waals surface area contributed by atoms with Gasteiger partial charge in [0.2, 0.25) is 0 Å². The van der Waals surface area contributed by atoms with Crippen LogP contribution in [0.1, 0.15) is 41.9 Å². The lowest BCUT2D eigenvalue weighted by molar-refractivity contribution is -0.274. The minimum absolute atomic E-state index is 0.0761. The third-order valence-corrected chi connectivity index (χ3v) is 6.75. The Morgan fingerprint density at radius 2 is 1.66 bits per heavy atom. The van der Waals surface area contributed by atoms with Crippen LogP contribution in [0.25, 0.3) is 0 Å². The highest BCUT2D eigenvalue weighted by Gasteiger charge is 2.31. The number of hydrogen-bond acceptors (Lipinski definition) is 4. The molecule has 0 saturated heterocycles. The summed E-state index contributed by atoms with van der Waals surface area (Å²) in [6, 6.07) is 23.4. The first-order chi connectivity index (χ1) is 19.7. The predicted octanol–water partition coefficient (Wildman–Crippen LogP) is 7.54. The van der Waals surface area contributed by atoms with Crippen LogP contribution in [0.15, 0.2) is 103 Å². The molecule has 0 heterocycles. The fourth-order valence-electron chi connectivity index (χ4n) is 4.97. The molecule has 1 N–H and O–H groups in total. The molecule has 0 radical (unpaired) electrons. The van der Waals surface area contributed by atoms with Crippen molar-refractivity contribution < 1.29 is 32.5 Å². The molecule has 0 saturated carbocycles. The van der Waals surface area contributed by atoms with Crippen LogP contribution in [-0.2, 0) is 17.8 Å². The van der Waals surface area contributed by atoms with Gasteiger partial charge in [0.05, 0.1) is 13.0 Å². The summed E-state index contributed by atoms with van der Waals surface area (Å²) in [5.41, 5.74) is 3.79. The first-order valence-corrected chi connectivity index (χ1v) is 13.7. The number of nitrogens with zero attached hydrogens (tertiary/aromatic N) is 1. The Bertz CT molecular complexity index is 1340. The van der Waals surface area contributed by atoms with E-state index in [0.717, 1.165) is 12.8 Å². The third-order valence-electron chi connectivity index (χ3n) is 6.75. The van der Waals surface area contributed by atoms with E-state index < -0.39 is 12.3 Å². The van der Waals surface area contributed by atoms with Gasteiger partial charge in [0.15, 0.2) is 0 Å². The second-order valence-electron chi connectivity index (χ2n) is 10.00. The van der Waals surface area contributed by atoms with Gasteiger partial charge < -0.3 is 14.6 Å². The SMILES string of the molecule is O=C(O)Cc1cccc(OCCCN(Cc2cccc(OC(F)(F)F)c2)CC(C2=CCCC=C2)c2ccccc2)c1. The van der Waals surface area contributed by atoms with Crippen LogP contribution in [0.2, 0.25) is 0 Å². The number of ether oxygens (including phenoxy) is 2. The molecule has 216 valence electrons. The number of carboxylic acid groups (broad SMARTS) is 1. The second-order valence-corrected chi connectivity index (χ2v) is 10.00. The Morgan fingerprint density at radius 1 is 0.927 bits per heavy atom. The van der Waals surface area contributed by atoms with Gasteiger partial charge in [0, 0.05) is 25.6 Å². The molecule has 0 aromatic heterocycles. The van der Waals surface area contributed by atoms with Crippen LogP contribution in [0.4, 0.5) is 13.2 Å². The molecule has 0 aliphatic heterocycles. The van der Waals surface area contributed by atoms with Gasteiger partial charge in [-0.05, 0) is 65.8 Å². The first kappa shape index (κ1) is 29.9. The highest BCUT2D eigenvalue weighted by atomic mass is 19.4. The van der Waals surface area contributed by atoms with Crippen LogP contribution in [0, 0.1) is 0 Å². The van der Waals surface area contributed by atoms with Gasteiger partial charge in [0.25, 0.3) is 0 Å². The molecule has 5 nitrogen and oxygen atoms in total. The van der Waals surface area contributed by atoms with Crippen molar-refractivity contribution in [2.75, 3.05) is 19.7 Å². The van der Waals surface area contributed by atoms with E-state index in [1.165, 1.54) is 23.3 Å². The molecular weight excluding hydrogens is 531 g/mol. The van der Waals surface area contributed by atoms with Crippen molar-refractivity contribution in [1.29, 1.82) is 0 Å². The molecule has 4 rings (SSSR count). The van der Waals surface area contributed by atoms with E-state index in [-0.39, 0.29) is 18.1 Å². The standard InChI is InChI=1S/C33H34F3NO4/c34-33(35,36)41-30-17-8-11-26(21-30)23-37(18-9-19-40-29-16-7-10-25(20-29)22-32(38)39)24-31(27-12-3-1-4-13-27)28-14-5-2-6-15-28/h1,3-5,7-8,10-17,20-21,31H,2,6,9,18-19,22-24H2,(H,38,39). The van der Waals surface area contributed by atoms with Crippen molar-refractivity contribution in [3.63, 3.8) is 0 Å². The summed E-state index contributed by atoms with van der Waals surface area (Å²) in [6.07, 6.45) is 4.43. The van der Waals surface area contributed by atoms with Gasteiger partial charge in [-0.25, -0.2) is 0 Å². The molecule has 1 unspecified atom stereocenters. The zero-order valence-electron chi connectivity index (χ0n) is 22.7. The quantitative estimate of drug-likeness (QED) is 0.205. The smallest absolute Gasteiger partial charge is 0.494 e. The largest absolute Gasteiger partial charge is 0.573 e. The van der Waals surface area contributed by atoms with Crippen molar-refractivity contribution in [2.24, 2.45) is 0 Å². The zero-order valence-corrected chi connectivity index (χ0v) is 22.7. The van der Waals surface area contributed by atoms with Gasteiger partial charge in [-0.2, -0.15) is 0 Å². The average Bonchev–Trinajstić information content (AvgIpc) is 2.94. The number of carbonyl (C=O) groups is 1. The minimum Gasteiger partial charge on any atom is -0.494 e. The van der Waals surface area contributed by atoms with Gasteiger partial charge in [-0.3, -0.25) is 9.69 Å². The highest BCUT2D eigenvalue weighted by Crippen LogP contribution is 2.30. The molecule has 3 aromatic carbocycles. The highest BCUT2D eigenvalue weighted by molar-refractivity contribution is 5.70. The molecule has 1 aliphatic rings. The summed E-state index contributed by atoms with van der Waals surface area (Å²) in [6.45, 7) is 2.14. The Morgan fingerprint density at radius 3 is 2.37 bits per heavy atom. The summed E-state index contributed by atoms with van der Waals surface area (Å²) >= 11 is 0.